The molecule has 1 saturated carbocycles. The highest BCUT2D eigenvalue weighted by molar-refractivity contribution is 6.34. The first-order valence-electron chi connectivity index (χ1n) is 6.18. The van der Waals surface area contributed by atoms with Gasteiger partial charge in [-0.15, -0.1) is 10.2 Å². The van der Waals surface area contributed by atoms with Gasteiger partial charge in [0, 0.05) is 0 Å². The lowest BCUT2D eigenvalue weighted by molar-refractivity contribution is 0.0758. The normalized spacial score (nSPS) is 18.1. The highest BCUT2D eigenvalue weighted by atomic mass is 35.5. The highest BCUT2D eigenvalue weighted by Crippen LogP contribution is 2.28. The van der Waals surface area contributed by atoms with Crippen LogP contribution >= 0.6 is 23.2 Å². The zero-order valence-corrected chi connectivity index (χ0v) is 11.8. The largest absolute Gasteiger partial charge is 0.394 e. The maximum atomic E-state index is 12.2. The number of aliphatic hydroxyl groups is 1. The average molecular weight is 304 g/mol. The quantitative estimate of drug-likeness (QED) is 0.898. The van der Waals surface area contributed by atoms with E-state index in [2.05, 4.69) is 15.5 Å². The van der Waals surface area contributed by atoms with Crippen LogP contribution in [-0.4, -0.2) is 33.4 Å². The fourth-order valence-corrected chi connectivity index (χ4v) is 2.70. The maximum absolute atomic E-state index is 12.2. The minimum atomic E-state index is -0.561. The van der Waals surface area contributed by atoms with Crippen molar-refractivity contribution < 1.29 is 9.90 Å². The molecule has 0 aliphatic heterocycles. The summed E-state index contributed by atoms with van der Waals surface area (Å²) in [5.41, 5.74) is -0.380. The molecular formula is C12H15Cl2N3O2. The molecule has 1 aliphatic carbocycles. The van der Waals surface area contributed by atoms with Gasteiger partial charge in [0.15, 0.2) is 10.3 Å². The minimum Gasteiger partial charge on any atom is -0.394 e. The SMILES string of the molecule is O=C(NC1(CO)CCCCC1)c1cc(Cl)nnc1Cl. The number of amides is 1. The molecule has 0 radical (unpaired) electrons. The summed E-state index contributed by atoms with van der Waals surface area (Å²) in [5, 5.41) is 19.7. The molecule has 19 heavy (non-hydrogen) atoms. The van der Waals surface area contributed by atoms with Gasteiger partial charge in [-0.1, -0.05) is 42.5 Å². The van der Waals surface area contributed by atoms with Gasteiger partial charge in [-0.2, -0.15) is 0 Å². The van der Waals surface area contributed by atoms with Crippen molar-refractivity contribution in [2.45, 2.75) is 37.6 Å². The van der Waals surface area contributed by atoms with E-state index < -0.39 is 5.54 Å². The summed E-state index contributed by atoms with van der Waals surface area (Å²) < 4.78 is 0. The second kappa shape index (κ2) is 6.03. The van der Waals surface area contributed by atoms with Crippen LogP contribution in [0.15, 0.2) is 6.07 Å². The van der Waals surface area contributed by atoms with Gasteiger partial charge in [-0.05, 0) is 18.9 Å². The molecule has 7 heteroatoms. The van der Waals surface area contributed by atoms with Gasteiger partial charge in [0.25, 0.3) is 5.91 Å². The van der Waals surface area contributed by atoms with E-state index in [0.717, 1.165) is 32.1 Å². The number of aromatic nitrogens is 2. The van der Waals surface area contributed by atoms with Crippen molar-refractivity contribution in [1.82, 2.24) is 15.5 Å². The topological polar surface area (TPSA) is 75.1 Å². The van der Waals surface area contributed by atoms with Gasteiger partial charge in [-0.25, -0.2) is 0 Å². The van der Waals surface area contributed by atoms with Gasteiger partial charge in [0.2, 0.25) is 0 Å². The van der Waals surface area contributed by atoms with Crippen molar-refractivity contribution in [3.8, 4) is 0 Å². The van der Waals surface area contributed by atoms with Crippen LogP contribution in [0.4, 0.5) is 0 Å². The third-order valence-corrected chi connectivity index (χ3v) is 3.92. The second-order valence-electron chi connectivity index (χ2n) is 4.82. The van der Waals surface area contributed by atoms with Crippen molar-refractivity contribution in [3.63, 3.8) is 0 Å². The van der Waals surface area contributed by atoms with Crippen LogP contribution in [0.3, 0.4) is 0 Å². The number of aliphatic hydroxyl groups excluding tert-OH is 1. The molecule has 1 amide bonds. The Morgan fingerprint density at radius 2 is 2.00 bits per heavy atom. The second-order valence-corrected chi connectivity index (χ2v) is 5.57. The van der Waals surface area contributed by atoms with E-state index in [1.165, 1.54) is 6.07 Å². The van der Waals surface area contributed by atoms with Crippen molar-refractivity contribution in [3.05, 3.63) is 21.9 Å². The van der Waals surface area contributed by atoms with Crippen LogP contribution in [0.1, 0.15) is 42.5 Å². The molecule has 5 nitrogen and oxygen atoms in total. The Hall–Kier alpha value is -0.910. The Kier molecular flexibility index (Phi) is 4.60. The van der Waals surface area contributed by atoms with Crippen molar-refractivity contribution >= 4 is 29.1 Å². The van der Waals surface area contributed by atoms with Crippen molar-refractivity contribution in [2.24, 2.45) is 0 Å². The van der Waals surface area contributed by atoms with Crippen LogP contribution in [0.25, 0.3) is 0 Å². The molecule has 2 N–H and O–H groups in total. The van der Waals surface area contributed by atoms with Crippen LogP contribution in [0.2, 0.25) is 10.3 Å². The van der Waals surface area contributed by atoms with E-state index in [4.69, 9.17) is 23.2 Å². The first-order valence-corrected chi connectivity index (χ1v) is 6.94. The summed E-state index contributed by atoms with van der Waals surface area (Å²) in [4.78, 5) is 12.2. The Bertz CT molecular complexity index is 476. The molecule has 0 spiro atoms. The lowest BCUT2D eigenvalue weighted by Gasteiger charge is -2.36. The third-order valence-electron chi connectivity index (χ3n) is 3.46. The van der Waals surface area contributed by atoms with E-state index in [9.17, 15) is 9.90 Å². The highest BCUT2D eigenvalue weighted by Gasteiger charge is 2.33. The van der Waals surface area contributed by atoms with Gasteiger partial charge < -0.3 is 10.4 Å². The first kappa shape index (κ1) is 14.5. The summed E-state index contributed by atoms with van der Waals surface area (Å²) in [6.45, 7) is -0.0808. The van der Waals surface area contributed by atoms with Crippen molar-refractivity contribution in [2.75, 3.05) is 6.61 Å². The molecule has 0 aromatic carbocycles. The number of nitrogens with one attached hydrogen (secondary N) is 1. The molecule has 0 atom stereocenters. The monoisotopic (exact) mass is 303 g/mol. The molecular weight excluding hydrogens is 289 g/mol. The summed E-state index contributed by atoms with van der Waals surface area (Å²) in [7, 11) is 0. The number of nitrogens with zero attached hydrogens (tertiary/aromatic N) is 2. The van der Waals surface area contributed by atoms with E-state index in [1.54, 1.807) is 0 Å². The lowest BCUT2D eigenvalue weighted by Crippen LogP contribution is -2.52. The fourth-order valence-electron chi connectivity index (χ4n) is 2.37. The molecule has 1 aromatic rings. The molecule has 1 aromatic heterocycles. The number of hydrogen-bond donors (Lipinski definition) is 2. The predicted octanol–water partition coefficient (Wildman–Crippen LogP) is 2.21. The van der Waals surface area contributed by atoms with Crippen LogP contribution in [0, 0.1) is 0 Å². The molecule has 2 rings (SSSR count). The van der Waals surface area contributed by atoms with E-state index in [1.807, 2.05) is 0 Å². The Morgan fingerprint density at radius 1 is 1.32 bits per heavy atom. The number of carbonyl (C=O) groups is 1. The standard InChI is InChI=1S/C12H15Cl2N3O2/c13-9-6-8(10(14)17-16-9)11(19)15-12(7-18)4-2-1-3-5-12/h6,18H,1-5,7H2,(H,15,19). The number of halogens is 2. The number of rotatable bonds is 3. The smallest absolute Gasteiger partial charge is 0.255 e. The lowest BCUT2D eigenvalue weighted by atomic mass is 9.82. The summed E-state index contributed by atoms with van der Waals surface area (Å²) >= 11 is 11.6. The molecule has 0 unspecified atom stereocenters. The Balaban J connectivity index is 2.17. The van der Waals surface area contributed by atoms with E-state index >= 15 is 0 Å². The van der Waals surface area contributed by atoms with Crippen LogP contribution in [0.5, 0.6) is 0 Å². The predicted molar refractivity (Wildman–Crippen MR) is 72.4 cm³/mol. The Labute approximate surface area is 121 Å². The van der Waals surface area contributed by atoms with Gasteiger partial charge in [-0.3, -0.25) is 4.79 Å². The van der Waals surface area contributed by atoms with Crippen LogP contribution < -0.4 is 5.32 Å². The van der Waals surface area contributed by atoms with Crippen LogP contribution in [-0.2, 0) is 0 Å². The average Bonchev–Trinajstić information content (AvgIpc) is 2.42. The summed E-state index contributed by atoms with van der Waals surface area (Å²) in [5.74, 6) is -0.377. The maximum Gasteiger partial charge on any atom is 0.255 e. The van der Waals surface area contributed by atoms with E-state index in [-0.39, 0.29) is 28.4 Å². The number of carbonyl (C=O) groups excluding carboxylic acids is 1. The van der Waals surface area contributed by atoms with Gasteiger partial charge >= 0.3 is 0 Å². The van der Waals surface area contributed by atoms with Crippen molar-refractivity contribution in [1.29, 1.82) is 0 Å². The summed E-state index contributed by atoms with van der Waals surface area (Å²) in [6, 6.07) is 1.38. The molecule has 104 valence electrons. The Morgan fingerprint density at radius 3 is 2.63 bits per heavy atom. The molecule has 1 heterocycles. The van der Waals surface area contributed by atoms with E-state index in [0.29, 0.717) is 0 Å². The first-order chi connectivity index (χ1) is 9.06. The molecule has 0 bridgehead atoms. The molecule has 0 saturated heterocycles. The summed E-state index contributed by atoms with van der Waals surface area (Å²) in [6.07, 6.45) is 4.63. The number of hydrogen-bond acceptors (Lipinski definition) is 4. The third kappa shape index (κ3) is 3.35. The molecule has 1 fully saturated rings. The molecule has 1 aliphatic rings. The minimum absolute atomic E-state index is 0.00537. The van der Waals surface area contributed by atoms with Gasteiger partial charge in [0.1, 0.15) is 0 Å². The zero-order chi connectivity index (χ0) is 13.9. The zero-order valence-electron chi connectivity index (χ0n) is 10.3. The van der Waals surface area contributed by atoms with Gasteiger partial charge in [0.05, 0.1) is 17.7 Å². The fraction of sp³-hybridized carbons (Fsp3) is 0.583.